The largest absolute Gasteiger partial charge is 0.399 e. The van der Waals surface area contributed by atoms with Crippen LogP contribution in [0.15, 0.2) is 24.3 Å². The van der Waals surface area contributed by atoms with Crippen LogP contribution in [0.2, 0.25) is 0 Å². The standard InChI is InChI=1S/C14H15N3O2S/c15-10-1-2-11-9(7-10)8-12(20-11)14(19)17-5-3-13(18)16-4-6-17/h1-2,7-8H,3-6,15H2,(H,16,18). The number of hydrogen-bond donors (Lipinski definition) is 2. The first-order valence-corrected chi connectivity index (χ1v) is 7.30. The molecule has 2 heterocycles. The van der Waals surface area contributed by atoms with Gasteiger partial charge in [0.25, 0.3) is 5.91 Å². The van der Waals surface area contributed by atoms with Gasteiger partial charge in [-0.3, -0.25) is 9.59 Å². The molecule has 5 nitrogen and oxygen atoms in total. The number of nitrogens with one attached hydrogen (secondary N) is 1. The summed E-state index contributed by atoms with van der Waals surface area (Å²) in [7, 11) is 0. The van der Waals surface area contributed by atoms with Gasteiger partial charge in [0.2, 0.25) is 5.91 Å². The van der Waals surface area contributed by atoms with Crippen LogP contribution in [0.4, 0.5) is 5.69 Å². The Morgan fingerprint density at radius 3 is 3.00 bits per heavy atom. The third-order valence-corrected chi connectivity index (χ3v) is 4.46. The molecule has 0 saturated carbocycles. The van der Waals surface area contributed by atoms with Crippen molar-refractivity contribution in [3.05, 3.63) is 29.1 Å². The third-order valence-electron chi connectivity index (χ3n) is 3.35. The molecule has 2 amide bonds. The lowest BCUT2D eigenvalue weighted by Crippen LogP contribution is -2.33. The number of carbonyl (C=O) groups excluding carboxylic acids is 2. The first-order chi connectivity index (χ1) is 9.63. The SMILES string of the molecule is Nc1ccc2sc(C(=O)N3CCNC(=O)CC3)cc2c1. The number of nitrogens with zero attached hydrogens (tertiary/aromatic N) is 1. The highest BCUT2D eigenvalue weighted by Crippen LogP contribution is 2.28. The first-order valence-electron chi connectivity index (χ1n) is 6.48. The number of hydrogen-bond acceptors (Lipinski definition) is 4. The molecular formula is C14H15N3O2S. The zero-order valence-corrected chi connectivity index (χ0v) is 11.7. The van der Waals surface area contributed by atoms with E-state index in [1.54, 1.807) is 4.90 Å². The van der Waals surface area contributed by atoms with Crippen LogP contribution in [0.5, 0.6) is 0 Å². The number of benzene rings is 1. The molecule has 1 saturated heterocycles. The van der Waals surface area contributed by atoms with Crippen molar-refractivity contribution in [3.63, 3.8) is 0 Å². The number of fused-ring (bicyclic) bond motifs is 1. The first kappa shape index (κ1) is 12.9. The van der Waals surface area contributed by atoms with Gasteiger partial charge in [-0.05, 0) is 29.7 Å². The molecule has 0 radical (unpaired) electrons. The molecule has 6 heteroatoms. The number of nitrogens with two attached hydrogens (primary N) is 1. The summed E-state index contributed by atoms with van der Waals surface area (Å²) in [6.07, 6.45) is 0.365. The lowest BCUT2D eigenvalue weighted by molar-refractivity contribution is -0.120. The van der Waals surface area contributed by atoms with E-state index in [0.29, 0.717) is 36.6 Å². The quantitative estimate of drug-likeness (QED) is 0.780. The zero-order chi connectivity index (χ0) is 14.1. The topological polar surface area (TPSA) is 75.4 Å². The van der Waals surface area contributed by atoms with E-state index in [1.807, 2.05) is 24.3 Å². The van der Waals surface area contributed by atoms with Crippen LogP contribution in [0, 0.1) is 0 Å². The van der Waals surface area contributed by atoms with Crippen molar-refractivity contribution in [1.29, 1.82) is 0 Å². The summed E-state index contributed by atoms with van der Waals surface area (Å²) in [6, 6.07) is 7.51. The fourth-order valence-electron chi connectivity index (χ4n) is 2.29. The Bertz CT molecular complexity index is 680. The summed E-state index contributed by atoms with van der Waals surface area (Å²) < 4.78 is 1.05. The van der Waals surface area contributed by atoms with Gasteiger partial charge in [0.15, 0.2) is 0 Å². The molecule has 0 bridgehead atoms. The Morgan fingerprint density at radius 2 is 2.15 bits per heavy atom. The number of anilines is 1. The van der Waals surface area contributed by atoms with Gasteiger partial charge in [-0.2, -0.15) is 0 Å². The predicted octanol–water partition coefficient (Wildman–Crippen LogP) is 1.45. The summed E-state index contributed by atoms with van der Waals surface area (Å²) in [5.74, 6) is -0.00862. The number of amides is 2. The van der Waals surface area contributed by atoms with Crippen LogP contribution >= 0.6 is 11.3 Å². The molecule has 0 unspecified atom stereocenters. The Labute approximate surface area is 120 Å². The van der Waals surface area contributed by atoms with E-state index < -0.39 is 0 Å². The Kier molecular flexibility index (Phi) is 3.31. The normalized spacial score (nSPS) is 16.0. The molecule has 0 aliphatic carbocycles. The molecule has 20 heavy (non-hydrogen) atoms. The highest BCUT2D eigenvalue weighted by Gasteiger charge is 2.21. The summed E-state index contributed by atoms with van der Waals surface area (Å²) >= 11 is 1.46. The van der Waals surface area contributed by atoms with Gasteiger partial charge in [0.05, 0.1) is 4.88 Å². The van der Waals surface area contributed by atoms with Crippen LogP contribution < -0.4 is 11.1 Å². The molecule has 3 N–H and O–H groups in total. The van der Waals surface area contributed by atoms with Crippen molar-refractivity contribution >= 4 is 38.9 Å². The summed E-state index contributed by atoms with van der Waals surface area (Å²) in [5, 5.41) is 3.76. The molecule has 1 aliphatic heterocycles. The van der Waals surface area contributed by atoms with Crippen molar-refractivity contribution in [3.8, 4) is 0 Å². The van der Waals surface area contributed by atoms with E-state index >= 15 is 0 Å². The van der Waals surface area contributed by atoms with E-state index in [1.165, 1.54) is 11.3 Å². The molecule has 3 rings (SSSR count). The van der Waals surface area contributed by atoms with Crippen LogP contribution in [-0.2, 0) is 4.79 Å². The van der Waals surface area contributed by atoms with Crippen molar-refractivity contribution in [2.45, 2.75) is 6.42 Å². The maximum Gasteiger partial charge on any atom is 0.264 e. The average molecular weight is 289 g/mol. The molecule has 104 valence electrons. The van der Waals surface area contributed by atoms with Gasteiger partial charge in [0, 0.05) is 36.4 Å². The van der Waals surface area contributed by atoms with E-state index in [2.05, 4.69) is 5.32 Å². The van der Waals surface area contributed by atoms with Crippen molar-refractivity contribution in [2.75, 3.05) is 25.4 Å². The van der Waals surface area contributed by atoms with E-state index in [-0.39, 0.29) is 11.8 Å². The second-order valence-corrected chi connectivity index (χ2v) is 5.88. The van der Waals surface area contributed by atoms with E-state index in [9.17, 15) is 9.59 Å². The Balaban J connectivity index is 1.86. The highest BCUT2D eigenvalue weighted by molar-refractivity contribution is 7.20. The minimum atomic E-state index is -0.0127. The van der Waals surface area contributed by atoms with Crippen LogP contribution in [-0.4, -0.2) is 36.3 Å². The zero-order valence-electron chi connectivity index (χ0n) is 10.9. The van der Waals surface area contributed by atoms with Crippen LogP contribution in [0.25, 0.3) is 10.1 Å². The molecule has 1 aromatic heterocycles. The van der Waals surface area contributed by atoms with E-state index in [0.717, 1.165) is 10.1 Å². The number of rotatable bonds is 1. The van der Waals surface area contributed by atoms with Crippen molar-refractivity contribution in [2.24, 2.45) is 0 Å². The molecule has 2 aromatic rings. The van der Waals surface area contributed by atoms with Crippen molar-refractivity contribution < 1.29 is 9.59 Å². The second kappa shape index (κ2) is 5.13. The summed E-state index contributed by atoms with van der Waals surface area (Å²) in [6.45, 7) is 1.55. The maximum absolute atomic E-state index is 12.5. The van der Waals surface area contributed by atoms with Gasteiger partial charge >= 0.3 is 0 Å². The second-order valence-electron chi connectivity index (χ2n) is 4.80. The average Bonchev–Trinajstić information content (AvgIpc) is 2.72. The summed E-state index contributed by atoms with van der Waals surface area (Å²) in [4.78, 5) is 26.2. The van der Waals surface area contributed by atoms with Gasteiger partial charge in [-0.15, -0.1) is 11.3 Å². The van der Waals surface area contributed by atoms with Crippen LogP contribution in [0.3, 0.4) is 0 Å². The fraction of sp³-hybridized carbons (Fsp3) is 0.286. The molecule has 1 fully saturated rings. The van der Waals surface area contributed by atoms with E-state index in [4.69, 9.17) is 5.73 Å². The lowest BCUT2D eigenvalue weighted by Gasteiger charge is -2.18. The molecule has 0 atom stereocenters. The Hall–Kier alpha value is -2.08. The predicted molar refractivity (Wildman–Crippen MR) is 79.8 cm³/mol. The molecule has 1 aromatic carbocycles. The lowest BCUT2D eigenvalue weighted by atomic mass is 10.2. The van der Waals surface area contributed by atoms with Crippen LogP contribution in [0.1, 0.15) is 16.1 Å². The smallest absolute Gasteiger partial charge is 0.264 e. The van der Waals surface area contributed by atoms with Crippen molar-refractivity contribution in [1.82, 2.24) is 10.2 Å². The van der Waals surface area contributed by atoms with Gasteiger partial charge in [-0.1, -0.05) is 0 Å². The highest BCUT2D eigenvalue weighted by atomic mass is 32.1. The monoisotopic (exact) mass is 289 g/mol. The minimum Gasteiger partial charge on any atom is -0.399 e. The minimum absolute atomic E-state index is 0.00409. The molecule has 1 aliphatic rings. The fourth-order valence-corrected chi connectivity index (χ4v) is 3.30. The Morgan fingerprint density at radius 1 is 1.30 bits per heavy atom. The van der Waals surface area contributed by atoms with Gasteiger partial charge in [-0.25, -0.2) is 0 Å². The molecule has 0 spiro atoms. The number of nitrogen functional groups attached to an aromatic ring is 1. The maximum atomic E-state index is 12.5. The third kappa shape index (κ3) is 2.46. The van der Waals surface area contributed by atoms with Gasteiger partial charge in [0.1, 0.15) is 0 Å². The van der Waals surface area contributed by atoms with Gasteiger partial charge < -0.3 is 16.0 Å². The molecular weight excluding hydrogens is 274 g/mol. The number of carbonyl (C=O) groups is 2. The number of thiophene rings is 1. The summed E-state index contributed by atoms with van der Waals surface area (Å²) in [5.41, 5.74) is 6.44.